The van der Waals surface area contributed by atoms with Gasteiger partial charge in [-0.05, 0) is 91.0 Å². The normalized spacial score (nSPS) is 22.6. The smallest absolute Gasteiger partial charge is 0.173 e. The van der Waals surface area contributed by atoms with E-state index in [1.165, 1.54) is 11.4 Å². The topological polar surface area (TPSA) is 30.5 Å². The molecular weight excluding hydrogens is 336 g/mol. The summed E-state index contributed by atoms with van der Waals surface area (Å²) in [5.74, 6) is 0. The quantitative estimate of drug-likeness (QED) is 0.572. The molecule has 2 rings (SSSR count). The van der Waals surface area contributed by atoms with Crippen molar-refractivity contribution in [2.24, 2.45) is 0 Å². The molecule has 0 aliphatic carbocycles. The van der Waals surface area contributed by atoms with Crippen molar-refractivity contribution in [3.8, 4) is 0 Å². The second-order valence-electron chi connectivity index (χ2n) is 7.89. The maximum absolute atomic E-state index is 5.51. The molecule has 0 spiro atoms. The summed E-state index contributed by atoms with van der Waals surface area (Å²) in [6.07, 6.45) is 6.62. The van der Waals surface area contributed by atoms with E-state index in [1.54, 1.807) is 0 Å². The zero-order chi connectivity index (χ0) is 18.1. The fourth-order valence-electron chi connectivity index (χ4n) is 3.37. The Morgan fingerprint density at radius 2 is 1.12 bits per heavy atom. The Kier molecular flexibility index (Phi) is 5.60. The molecule has 6 heteroatoms. The third kappa shape index (κ3) is 4.70. The van der Waals surface area contributed by atoms with E-state index >= 15 is 0 Å². The molecule has 0 atom stereocenters. The Morgan fingerprint density at radius 1 is 0.792 bits per heavy atom. The van der Waals surface area contributed by atoms with Gasteiger partial charge in [-0.3, -0.25) is 0 Å². The third-order valence-corrected chi connectivity index (χ3v) is 5.00. The molecule has 0 saturated carbocycles. The molecule has 0 aromatic heterocycles. The summed E-state index contributed by atoms with van der Waals surface area (Å²) in [5.41, 5.74) is 2.35. The van der Waals surface area contributed by atoms with Crippen LogP contribution in [0.1, 0.15) is 54.4 Å². The van der Waals surface area contributed by atoms with E-state index < -0.39 is 0 Å². The summed E-state index contributed by atoms with van der Waals surface area (Å²) in [7, 11) is 0. The first kappa shape index (κ1) is 19.2. The number of thiocarbonyl (C=S) groups is 2. The predicted octanol–water partition coefficient (Wildman–Crippen LogP) is 3.51. The van der Waals surface area contributed by atoms with Gasteiger partial charge in [0.2, 0.25) is 0 Å². The summed E-state index contributed by atoms with van der Waals surface area (Å²) in [4.78, 5) is 4.39. The van der Waals surface area contributed by atoms with Gasteiger partial charge in [0.05, 0.1) is 11.1 Å². The van der Waals surface area contributed by atoms with Crippen LogP contribution in [-0.2, 0) is 0 Å². The molecule has 24 heavy (non-hydrogen) atoms. The summed E-state index contributed by atoms with van der Waals surface area (Å²) < 4.78 is 0. The van der Waals surface area contributed by atoms with Crippen molar-refractivity contribution in [1.82, 2.24) is 20.4 Å². The van der Waals surface area contributed by atoms with Gasteiger partial charge in [0.15, 0.2) is 10.2 Å². The lowest BCUT2D eigenvalue weighted by Gasteiger charge is -2.39. The molecule has 2 N–H and O–H groups in total. The first-order valence-corrected chi connectivity index (χ1v) is 9.41. The minimum Gasteiger partial charge on any atom is -0.354 e. The fraction of sp³-hybridized carbons (Fsp3) is 0.667. The van der Waals surface area contributed by atoms with Crippen LogP contribution in [0.4, 0.5) is 0 Å². The van der Waals surface area contributed by atoms with Crippen LogP contribution in [0, 0.1) is 0 Å². The van der Waals surface area contributed by atoms with Crippen molar-refractivity contribution in [1.29, 1.82) is 0 Å². The molecule has 2 aliphatic heterocycles. The first-order valence-electron chi connectivity index (χ1n) is 8.59. The summed E-state index contributed by atoms with van der Waals surface area (Å²) in [5, 5.41) is 8.41. The van der Waals surface area contributed by atoms with Gasteiger partial charge in [0, 0.05) is 24.5 Å². The molecule has 0 amide bonds. The average Bonchev–Trinajstić information content (AvgIpc) is 2.36. The average molecular weight is 367 g/mol. The lowest BCUT2D eigenvalue weighted by atomic mass is 10.0. The second-order valence-corrected chi connectivity index (χ2v) is 8.66. The number of allylic oxidation sites excluding steroid dienone is 2. The molecule has 0 unspecified atom stereocenters. The Bertz CT molecular complexity index is 538. The van der Waals surface area contributed by atoms with Crippen LogP contribution in [0.3, 0.4) is 0 Å². The van der Waals surface area contributed by atoms with Crippen LogP contribution in [0.15, 0.2) is 23.5 Å². The number of unbranched alkanes of at least 4 members (excludes halogenated alkanes) is 1. The Hall–Kier alpha value is -1.14. The largest absolute Gasteiger partial charge is 0.354 e. The Labute approximate surface area is 157 Å². The van der Waals surface area contributed by atoms with E-state index in [1.807, 2.05) is 0 Å². The van der Waals surface area contributed by atoms with Crippen molar-refractivity contribution < 1.29 is 0 Å². The molecule has 0 bridgehead atoms. The van der Waals surface area contributed by atoms with E-state index in [0.29, 0.717) is 0 Å². The Morgan fingerprint density at radius 3 is 1.42 bits per heavy atom. The van der Waals surface area contributed by atoms with E-state index in [0.717, 1.165) is 36.2 Å². The van der Waals surface area contributed by atoms with E-state index in [4.69, 9.17) is 24.4 Å². The molecule has 0 radical (unpaired) electrons. The van der Waals surface area contributed by atoms with Crippen LogP contribution >= 0.6 is 24.4 Å². The van der Waals surface area contributed by atoms with Crippen LogP contribution in [-0.4, -0.2) is 44.2 Å². The van der Waals surface area contributed by atoms with Gasteiger partial charge in [-0.25, -0.2) is 0 Å². The minimum atomic E-state index is -0.0575. The van der Waals surface area contributed by atoms with E-state index in [9.17, 15) is 0 Å². The standard InChI is InChI=1S/C18H30N4S2/c1-13-11-17(3,4)19-15(23)21(13)9-7-8-10-22-14(2)12-18(5,6)20-16(22)24/h11-12H,7-10H2,1-6H3,(H,19,23)(H,20,24). The van der Waals surface area contributed by atoms with Crippen LogP contribution in [0.5, 0.6) is 0 Å². The second kappa shape index (κ2) is 7.00. The summed E-state index contributed by atoms with van der Waals surface area (Å²) in [6, 6.07) is 0. The van der Waals surface area contributed by atoms with Gasteiger partial charge in [-0.1, -0.05) is 0 Å². The summed E-state index contributed by atoms with van der Waals surface area (Å²) >= 11 is 11.0. The lowest BCUT2D eigenvalue weighted by molar-refractivity contribution is 0.386. The van der Waals surface area contributed by atoms with E-state index in [2.05, 4.69) is 74.1 Å². The molecule has 0 aromatic carbocycles. The van der Waals surface area contributed by atoms with Gasteiger partial charge < -0.3 is 20.4 Å². The van der Waals surface area contributed by atoms with Crippen LogP contribution in [0.2, 0.25) is 0 Å². The zero-order valence-corrected chi connectivity index (χ0v) is 17.3. The highest BCUT2D eigenvalue weighted by molar-refractivity contribution is 7.80. The van der Waals surface area contributed by atoms with Crippen LogP contribution in [0.25, 0.3) is 0 Å². The lowest BCUT2D eigenvalue weighted by Crippen LogP contribution is -2.53. The molecular formula is C18H30N4S2. The van der Waals surface area contributed by atoms with Gasteiger partial charge >= 0.3 is 0 Å². The zero-order valence-electron chi connectivity index (χ0n) is 15.7. The van der Waals surface area contributed by atoms with Gasteiger partial charge in [-0.2, -0.15) is 0 Å². The maximum atomic E-state index is 5.51. The monoisotopic (exact) mass is 366 g/mol. The number of nitrogens with zero attached hydrogens (tertiary/aromatic N) is 2. The van der Waals surface area contributed by atoms with Gasteiger partial charge in [0.25, 0.3) is 0 Å². The van der Waals surface area contributed by atoms with Gasteiger partial charge in [-0.15, -0.1) is 0 Å². The van der Waals surface area contributed by atoms with Crippen molar-refractivity contribution >= 4 is 34.7 Å². The van der Waals surface area contributed by atoms with Crippen molar-refractivity contribution in [2.45, 2.75) is 65.5 Å². The molecule has 2 aliphatic rings. The van der Waals surface area contributed by atoms with E-state index in [-0.39, 0.29) is 11.1 Å². The minimum absolute atomic E-state index is 0.0575. The number of rotatable bonds is 5. The number of hydrogen-bond donors (Lipinski definition) is 2. The first-order chi connectivity index (χ1) is 11.0. The highest BCUT2D eigenvalue weighted by Crippen LogP contribution is 2.21. The predicted molar refractivity (Wildman–Crippen MR) is 110 cm³/mol. The van der Waals surface area contributed by atoms with Gasteiger partial charge in [0.1, 0.15) is 0 Å². The highest BCUT2D eigenvalue weighted by atomic mass is 32.1. The third-order valence-electron chi connectivity index (χ3n) is 4.35. The Balaban J connectivity index is 1.86. The molecule has 0 aromatic rings. The van der Waals surface area contributed by atoms with Crippen LogP contribution < -0.4 is 10.6 Å². The highest BCUT2D eigenvalue weighted by Gasteiger charge is 2.27. The van der Waals surface area contributed by atoms with Crippen molar-refractivity contribution in [3.05, 3.63) is 23.5 Å². The molecule has 0 fully saturated rings. The summed E-state index contributed by atoms with van der Waals surface area (Å²) in [6.45, 7) is 14.7. The van der Waals surface area contributed by atoms with Crippen molar-refractivity contribution in [2.75, 3.05) is 13.1 Å². The van der Waals surface area contributed by atoms with Crippen molar-refractivity contribution in [3.63, 3.8) is 0 Å². The number of nitrogens with one attached hydrogen (secondary N) is 2. The fourth-order valence-corrected chi connectivity index (χ4v) is 4.37. The molecule has 0 saturated heterocycles. The molecule has 4 nitrogen and oxygen atoms in total. The SMILES string of the molecule is CC1=CC(C)(C)NC(=S)N1CCCCN1C(=S)NC(C)(C)C=C1C. The molecule has 134 valence electrons. The number of hydrogen-bond acceptors (Lipinski definition) is 2. The maximum Gasteiger partial charge on any atom is 0.173 e. The molecule has 2 heterocycles.